The fourth-order valence-corrected chi connectivity index (χ4v) is 6.93. The second kappa shape index (κ2) is 35.7. The van der Waals surface area contributed by atoms with Gasteiger partial charge in [-0.2, -0.15) is 0 Å². The van der Waals surface area contributed by atoms with E-state index in [1.165, 1.54) is 141 Å². The molecule has 0 saturated carbocycles. The number of likely N-dealkylation sites (N-methyl/N-ethyl adjacent to an activating group) is 1. The molecule has 9 nitrogen and oxygen atoms in total. The van der Waals surface area contributed by atoms with Gasteiger partial charge in [-0.05, 0) is 12.8 Å². The minimum Gasteiger partial charge on any atom is -0.462 e. The molecule has 0 aromatic carbocycles. The molecule has 0 bridgehead atoms. The van der Waals surface area contributed by atoms with Gasteiger partial charge in [0.25, 0.3) is 0 Å². The van der Waals surface area contributed by atoms with Gasteiger partial charge in [-0.3, -0.25) is 18.6 Å². The van der Waals surface area contributed by atoms with Crippen LogP contribution in [0.1, 0.15) is 206 Å². The summed E-state index contributed by atoms with van der Waals surface area (Å²) < 4.78 is 34.3. The van der Waals surface area contributed by atoms with Crippen LogP contribution in [0.5, 0.6) is 0 Å². The Morgan fingerprint density at radius 3 is 1.23 bits per heavy atom. The van der Waals surface area contributed by atoms with Crippen molar-refractivity contribution in [2.24, 2.45) is 0 Å². The molecule has 0 spiro atoms. The highest BCUT2D eigenvalue weighted by Crippen LogP contribution is 2.43. The number of phosphoric acid groups is 1. The molecule has 0 aliphatic heterocycles. The molecule has 310 valence electrons. The van der Waals surface area contributed by atoms with Gasteiger partial charge in [0.15, 0.2) is 6.10 Å². The highest BCUT2D eigenvalue weighted by atomic mass is 31.2. The number of quaternary nitrogens is 1. The molecule has 1 N–H and O–H groups in total. The molecule has 2 unspecified atom stereocenters. The number of esters is 2. The van der Waals surface area contributed by atoms with Gasteiger partial charge in [-0.25, -0.2) is 4.57 Å². The van der Waals surface area contributed by atoms with E-state index in [0.717, 1.165) is 38.5 Å². The van der Waals surface area contributed by atoms with E-state index >= 15 is 0 Å². The standard InChI is InChI=1S/C42H84NO8P/c1-6-8-10-12-14-16-18-20-21-22-23-25-27-29-31-33-35-42(45)51-40(39-50-52(46,47)49-37-36-43(3,4)5)38-48-41(44)34-32-30-28-26-24-19-17-15-13-11-9-7-2/h40H,6-39H2,1-5H3/p+1. The Labute approximate surface area is 321 Å². The minimum absolute atomic E-state index is 0.0367. The number of ether oxygens (including phenoxy) is 2. The Bertz CT molecular complexity index is 865. The van der Waals surface area contributed by atoms with E-state index in [-0.39, 0.29) is 25.6 Å². The molecule has 0 amide bonds. The third-order valence-electron chi connectivity index (χ3n) is 9.64. The predicted octanol–water partition coefficient (Wildman–Crippen LogP) is 12.0. The van der Waals surface area contributed by atoms with Crippen molar-refractivity contribution in [3.8, 4) is 0 Å². The van der Waals surface area contributed by atoms with Crippen LogP contribution in [-0.4, -0.2) is 74.9 Å². The monoisotopic (exact) mass is 763 g/mol. The topological polar surface area (TPSA) is 108 Å². The normalized spacial score (nSPS) is 13.6. The summed E-state index contributed by atoms with van der Waals surface area (Å²) in [6, 6.07) is 0. The van der Waals surface area contributed by atoms with Crippen LogP contribution < -0.4 is 0 Å². The number of carbonyl (C=O) groups excluding carboxylic acids is 2. The van der Waals surface area contributed by atoms with Gasteiger partial charge in [0.2, 0.25) is 0 Å². The molecule has 0 radical (unpaired) electrons. The third-order valence-corrected chi connectivity index (χ3v) is 10.6. The molecule has 0 rings (SSSR count). The van der Waals surface area contributed by atoms with E-state index in [4.69, 9.17) is 18.5 Å². The number of hydrogen-bond donors (Lipinski definition) is 1. The number of unbranched alkanes of at least 4 members (excludes halogenated alkanes) is 26. The van der Waals surface area contributed by atoms with Gasteiger partial charge in [-0.1, -0.05) is 181 Å². The number of carbonyl (C=O) groups is 2. The number of rotatable bonds is 40. The molecule has 2 atom stereocenters. The molecule has 10 heteroatoms. The average Bonchev–Trinajstić information content (AvgIpc) is 3.09. The molecule has 0 aliphatic rings. The quantitative estimate of drug-likeness (QED) is 0.0284. The average molecular weight is 763 g/mol. The molecule has 0 fully saturated rings. The van der Waals surface area contributed by atoms with Crippen molar-refractivity contribution in [2.45, 2.75) is 213 Å². The Morgan fingerprint density at radius 1 is 0.519 bits per heavy atom. The molecular weight excluding hydrogens is 677 g/mol. The van der Waals surface area contributed by atoms with Crippen LogP contribution >= 0.6 is 7.82 Å². The Kier molecular flexibility index (Phi) is 35.0. The summed E-state index contributed by atoms with van der Waals surface area (Å²) in [5.74, 6) is -0.785. The third kappa shape index (κ3) is 38.7. The molecule has 0 aromatic rings. The van der Waals surface area contributed by atoms with E-state index in [1.54, 1.807) is 0 Å². The largest absolute Gasteiger partial charge is 0.472 e. The lowest BCUT2D eigenvalue weighted by molar-refractivity contribution is -0.870. The fraction of sp³-hybridized carbons (Fsp3) is 0.952. The molecule has 0 aliphatic carbocycles. The van der Waals surface area contributed by atoms with Gasteiger partial charge in [0.05, 0.1) is 27.7 Å². The van der Waals surface area contributed by atoms with E-state index in [1.807, 2.05) is 21.1 Å². The second-order valence-electron chi connectivity index (χ2n) is 16.1. The first-order valence-corrected chi connectivity index (χ1v) is 23.3. The summed E-state index contributed by atoms with van der Waals surface area (Å²) in [7, 11) is 1.49. The maximum atomic E-state index is 12.7. The van der Waals surface area contributed by atoms with Crippen LogP contribution in [0, 0.1) is 0 Å². The maximum absolute atomic E-state index is 12.7. The molecule has 52 heavy (non-hydrogen) atoms. The van der Waals surface area contributed by atoms with Crippen LogP contribution in [0.2, 0.25) is 0 Å². The summed E-state index contributed by atoms with van der Waals surface area (Å²) in [5, 5.41) is 0. The number of phosphoric ester groups is 1. The first kappa shape index (κ1) is 51.0. The lowest BCUT2D eigenvalue weighted by Gasteiger charge is -2.24. The zero-order chi connectivity index (χ0) is 38.6. The van der Waals surface area contributed by atoms with Crippen molar-refractivity contribution in [2.75, 3.05) is 47.5 Å². The lowest BCUT2D eigenvalue weighted by atomic mass is 10.0. The Hall–Kier alpha value is -0.990. The van der Waals surface area contributed by atoms with Crippen LogP contribution in [0.4, 0.5) is 0 Å². The number of nitrogens with zero attached hydrogens (tertiary/aromatic N) is 1. The van der Waals surface area contributed by atoms with Crippen molar-refractivity contribution >= 4 is 19.8 Å². The molecule has 0 saturated heterocycles. The van der Waals surface area contributed by atoms with E-state index in [2.05, 4.69) is 13.8 Å². The zero-order valence-electron chi connectivity index (χ0n) is 34.8. The van der Waals surface area contributed by atoms with Crippen molar-refractivity contribution in [1.82, 2.24) is 0 Å². The van der Waals surface area contributed by atoms with Gasteiger partial charge in [-0.15, -0.1) is 0 Å². The summed E-state index contributed by atoms with van der Waals surface area (Å²) >= 11 is 0. The van der Waals surface area contributed by atoms with Crippen LogP contribution in [-0.2, 0) is 32.7 Å². The van der Waals surface area contributed by atoms with Crippen molar-refractivity contribution in [1.29, 1.82) is 0 Å². The minimum atomic E-state index is -4.36. The highest BCUT2D eigenvalue weighted by Gasteiger charge is 2.27. The predicted molar refractivity (Wildman–Crippen MR) is 215 cm³/mol. The van der Waals surface area contributed by atoms with Gasteiger partial charge in [0.1, 0.15) is 19.8 Å². The van der Waals surface area contributed by atoms with Crippen LogP contribution in [0.25, 0.3) is 0 Å². The van der Waals surface area contributed by atoms with Crippen LogP contribution in [0.3, 0.4) is 0 Å². The Balaban J connectivity index is 4.32. The zero-order valence-corrected chi connectivity index (χ0v) is 35.7. The van der Waals surface area contributed by atoms with Crippen molar-refractivity contribution in [3.63, 3.8) is 0 Å². The van der Waals surface area contributed by atoms with E-state index < -0.39 is 26.5 Å². The first-order valence-electron chi connectivity index (χ1n) is 21.8. The summed E-state index contributed by atoms with van der Waals surface area (Å²) in [6.07, 6.45) is 34.3. The second-order valence-corrected chi connectivity index (χ2v) is 17.6. The first-order chi connectivity index (χ1) is 25.0. The summed E-state index contributed by atoms with van der Waals surface area (Å²) in [4.78, 5) is 35.3. The maximum Gasteiger partial charge on any atom is 0.472 e. The fourth-order valence-electron chi connectivity index (χ4n) is 6.19. The van der Waals surface area contributed by atoms with Gasteiger partial charge >= 0.3 is 19.8 Å². The molecule has 0 aromatic heterocycles. The smallest absolute Gasteiger partial charge is 0.462 e. The van der Waals surface area contributed by atoms with Crippen LogP contribution in [0.15, 0.2) is 0 Å². The SMILES string of the molecule is CCCCCCCCCCCCCCCCCCC(=O)OC(COC(=O)CCCCCCCCCCCCCC)COP(=O)(O)OCC[N+](C)(C)C. The van der Waals surface area contributed by atoms with E-state index in [0.29, 0.717) is 17.4 Å². The Morgan fingerprint density at radius 2 is 0.865 bits per heavy atom. The van der Waals surface area contributed by atoms with Crippen molar-refractivity contribution in [3.05, 3.63) is 0 Å². The number of hydrogen-bond acceptors (Lipinski definition) is 7. The lowest BCUT2D eigenvalue weighted by Crippen LogP contribution is -2.37. The van der Waals surface area contributed by atoms with Gasteiger partial charge in [0, 0.05) is 12.8 Å². The highest BCUT2D eigenvalue weighted by molar-refractivity contribution is 7.47. The molecule has 0 heterocycles. The molecular formula is C42H85NO8P+. The van der Waals surface area contributed by atoms with Gasteiger partial charge < -0.3 is 18.9 Å². The van der Waals surface area contributed by atoms with Crippen molar-refractivity contribution < 1.29 is 42.1 Å². The summed E-state index contributed by atoms with van der Waals surface area (Å²) in [6.45, 7) is 4.45. The van der Waals surface area contributed by atoms with E-state index in [9.17, 15) is 19.0 Å². The summed E-state index contributed by atoms with van der Waals surface area (Å²) in [5.41, 5.74) is 0.